The Morgan fingerprint density at radius 2 is 1.69 bits per heavy atom. The first-order valence-corrected chi connectivity index (χ1v) is 12.9. The second kappa shape index (κ2) is 15.1. The summed E-state index contributed by atoms with van der Waals surface area (Å²) in [6.07, 6.45) is 6.47. The Bertz CT molecular complexity index is 1320. The molecule has 39 heavy (non-hydrogen) atoms. The topological polar surface area (TPSA) is 102 Å². The number of nitrogens with one attached hydrogen (secondary N) is 2. The van der Waals surface area contributed by atoms with Crippen LogP contribution in [-0.4, -0.2) is 48.1 Å². The van der Waals surface area contributed by atoms with Gasteiger partial charge in [0.05, 0.1) is 12.8 Å². The Morgan fingerprint density at radius 3 is 2.21 bits per heavy atom. The fourth-order valence-electron chi connectivity index (χ4n) is 3.96. The van der Waals surface area contributed by atoms with Gasteiger partial charge in [-0.05, 0) is 80.3 Å². The van der Waals surface area contributed by atoms with Crippen molar-refractivity contribution in [2.75, 3.05) is 19.5 Å². The maximum Gasteiger partial charge on any atom is 0.328 e. The van der Waals surface area contributed by atoms with Gasteiger partial charge in [-0.2, -0.15) is 5.10 Å². The van der Waals surface area contributed by atoms with E-state index in [2.05, 4.69) is 59.1 Å². The average molecular weight is 531 g/mol. The molecule has 0 aliphatic rings. The maximum absolute atomic E-state index is 11.7. The number of hydrogen-bond donors (Lipinski definition) is 2. The molecule has 8 heteroatoms. The molecule has 0 saturated heterocycles. The van der Waals surface area contributed by atoms with Gasteiger partial charge < -0.3 is 15.4 Å². The van der Waals surface area contributed by atoms with Crippen molar-refractivity contribution in [2.45, 2.75) is 46.6 Å². The van der Waals surface area contributed by atoms with Crippen LogP contribution in [0, 0.1) is 6.92 Å². The van der Waals surface area contributed by atoms with Crippen LogP contribution in [-0.2, 0) is 22.4 Å². The van der Waals surface area contributed by atoms with Gasteiger partial charge >= 0.3 is 5.97 Å². The number of carbonyl (C=O) groups is 3. The van der Waals surface area contributed by atoms with Crippen molar-refractivity contribution >= 4 is 29.5 Å². The summed E-state index contributed by atoms with van der Waals surface area (Å²) < 4.78 is 6.32. The van der Waals surface area contributed by atoms with E-state index < -0.39 is 12.0 Å². The fourth-order valence-corrected chi connectivity index (χ4v) is 3.96. The molecule has 2 aromatic carbocycles. The van der Waals surface area contributed by atoms with Crippen LogP contribution in [0.4, 0.5) is 5.69 Å². The van der Waals surface area contributed by atoms with E-state index >= 15 is 0 Å². The van der Waals surface area contributed by atoms with Gasteiger partial charge in [0.25, 0.3) is 5.91 Å². The van der Waals surface area contributed by atoms with E-state index in [1.54, 1.807) is 55.1 Å². The molecule has 2 N–H and O–H groups in total. The van der Waals surface area contributed by atoms with Crippen LogP contribution in [0.15, 0.2) is 67.3 Å². The standard InChI is InChI=1S/C19H22N2O.C12H16N2O3/c1-5-8-19(21-14(4)11-18(13-22)20-21)17-10-9-15(6-2)16(7-3)12-17;1-8(12(16)17-3)14-11(15)9-4-6-10(13-2)7-5-9/h5,8-13H,1,6-7H2,2-4H3;4-8,13H,1-3H3,(H,14,15)/b19-8-;. The maximum atomic E-state index is 11.7. The number of ether oxygens (including phenoxy) is 1. The third-order valence-corrected chi connectivity index (χ3v) is 6.13. The molecule has 3 aromatic rings. The van der Waals surface area contributed by atoms with Crippen LogP contribution < -0.4 is 10.6 Å². The average Bonchev–Trinajstić information content (AvgIpc) is 3.35. The van der Waals surface area contributed by atoms with E-state index in [0.29, 0.717) is 11.3 Å². The Kier molecular flexibility index (Phi) is 11.9. The molecular weight excluding hydrogens is 492 g/mol. The van der Waals surface area contributed by atoms with E-state index in [4.69, 9.17) is 0 Å². The van der Waals surface area contributed by atoms with Crippen molar-refractivity contribution in [3.05, 3.63) is 101 Å². The lowest BCUT2D eigenvalue weighted by molar-refractivity contribution is -0.142. The number of rotatable bonds is 10. The van der Waals surface area contributed by atoms with E-state index in [9.17, 15) is 14.4 Å². The van der Waals surface area contributed by atoms with Gasteiger partial charge in [-0.3, -0.25) is 9.59 Å². The monoisotopic (exact) mass is 530 g/mol. The number of anilines is 1. The van der Waals surface area contributed by atoms with Crippen molar-refractivity contribution < 1.29 is 19.1 Å². The Balaban J connectivity index is 0.000000283. The molecule has 1 heterocycles. The molecule has 1 aromatic heterocycles. The summed E-state index contributed by atoms with van der Waals surface area (Å²) in [5.41, 5.74) is 7.50. The summed E-state index contributed by atoms with van der Waals surface area (Å²) in [4.78, 5) is 33.8. The molecule has 0 bridgehead atoms. The van der Waals surface area contributed by atoms with Gasteiger partial charge in [0, 0.05) is 29.6 Å². The number of amides is 1. The van der Waals surface area contributed by atoms with E-state index in [1.165, 1.54) is 18.2 Å². The van der Waals surface area contributed by atoms with Crippen molar-refractivity contribution in [1.82, 2.24) is 15.1 Å². The fraction of sp³-hybridized carbons (Fsp3) is 0.290. The highest BCUT2D eigenvalue weighted by Gasteiger charge is 2.16. The lowest BCUT2D eigenvalue weighted by atomic mass is 9.98. The van der Waals surface area contributed by atoms with Gasteiger partial charge in [-0.25, -0.2) is 9.48 Å². The quantitative estimate of drug-likeness (QED) is 0.212. The molecule has 0 spiro atoms. The van der Waals surface area contributed by atoms with E-state index in [-0.39, 0.29) is 5.91 Å². The molecule has 0 aliphatic heterocycles. The number of benzene rings is 2. The zero-order chi connectivity index (χ0) is 28.9. The third kappa shape index (κ3) is 8.26. The zero-order valence-electron chi connectivity index (χ0n) is 23.6. The van der Waals surface area contributed by atoms with Gasteiger partial charge in [-0.15, -0.1) is 0 Å². The van der Waals surface area contributed by atoms with Gasteiger partial charge in [-0.1, -0.05) is 38.6 Å². The molecule has 1 unspecified atom stereocenters. The first-order valence-electron chi connectivity index (χ1n) is 12.9. The number of allylic oxidation sites excluding steroid dienone is 2. The SMILES string of the molecule is C=C/C=C(/c1ccc(CC)c(CC)c1)n1nc(C=O)cc1C.CNc1ccc(C(=O)NC(C)C(=O)OC)cc1. The van der Waals surface area contributed by atoms with Crippen molar-refractivity contribution in [2.24, 2.45) is 0 Å². The number of esters is 1. The highest BCUT2D eigenvalue weighted by Crippen LogP contribution is 2.23. The third-order valence-electron chi connectivity index (χ3n) is 6.13. The molecule has 206 valence electrons. The molecule has 0 fully saturated rings. The number of hydrogen-bond acceptors (Lipinski definition) is 6. The summed E-state index contributed by atoms with van der Waals surface area (Å²) >= 11 is 0. The number of carbonyl (C=O) groups excluding carboxylic acids is 3. The van der Waals surface area contributed by atoms with Crippen LogP contribution in [0.1, 0.15) is 64.0 Å². The van der Waals surface area contributed by atoms with Crippen LogP contribution >= 0.6 is 0 Å². The summed E-state index contributed by atoms with van der Waals surface area (Å²) in [5.74, 6) is -0.768. The van der Waals surface area contributed by atoms with Gasteiger partial charge in [0.2, 0.25) is 0 Å². The molecule has 1 amide bonds. The highest BCUT2D eigenvalue weighted by molar-refractivity contribution is 5.96. The predicted molar refractivity (Wildman–Crippen MR) is 156 cm³/mol. The molecular formula is C31H38N4O4. The first kappa shape index (κ1) is 30.8. The molecule has 0 saturated carbocycles. The number of aldehydes is 1. The van der Waals surface area contributed by atoms with E-state index in [0.717, 1.165) is 41.8 Å². The molecule has 3 rings (SSSR count). The highest BCUT2D eigenvalue weighted by atomic mass is 16.5. The molecule has 1 atom stereocenters. The van der Waals surface area contributed by atoms with Gasteiger partial charge in [0.15, 0.2) is 6.29 Å². The van der Waals surface area contributed by atoms with Crippen LogP contribution in [0.2, 0.25) is 0 Å². The number of nitrogens with zero attached hydrogens (tertiary/aromatic N) is 2. The second-order valence-corrected chi connectivity index (χ2v) is 8.76. The second-order valence-electron chi connectivity index (χ2n) is 8.76. The lowest BCUT2D eigenvalue weighted by Crippen LogP contribution is -2.39. The molecule has 0 aliphatic carbocycles. The minimum atomic E-state index is -0.656. The summed E-state index contributed by atoms with van der Waals surface area (Å²) in [6.45, 7) is 11.6. The Hall–Kier alpha value is -4.46. The smallest absolute Gasteiger partial charge is 0.328 e. The Labute approximate surface area is 230 Å². The predicted octanol–water partition coefficient (Wildman–Crippen LogP) is 5.22. The molecule has 0 radical (unpaired) electrons. The first-order chi connectivity index (χ1) is 18.7. The van der Waals surface area contributed by atoms with Crippen molar-refractivity contribution in [3.63, 3.8) is 0 Å². The lowest BCUT2D eigenvalue weighted by Gasteiger charge is -2.13. The number of aryl methyl sites for hydroxylation is 3. The van der Waals surface area contributed by atoms with E-state index in [1.807, 2.05) is 13.0 Å². The summed E-state index contributed by atoms with van der Waals surface area (Å²) in [7, 11) is 3.08. The molecule has 8 nitrogen and oxygen atoms in total. The zero-order valence-corrected chi connectivity index (χ0v) is 23.6. The summed E-state index contributed by atoms with van der Waals surface area (Å²) in [6, 6.07) is 14.6. The van der Waals surface area contributed by atoms with Crippen LogP contribution in [0.25, 0.3) is 5.70 Å². The minimum absolute atomic E-state index is 0.300. The van der Waals surface area contributed by atoms with Gasteiger partial charge in [0.1, 0.15) is 11.7 Å². The summed E-state index contributed by atoms with van der Waals surface area (Å²) in [5, 5.41) is 9.86. The minimum Gasteiger partial charge on any atom is -0.467 e. The van der Waals surface area contributed by atoms with Crippen molar-refractivity contribution in [1.29, 1.82) is 0 Å². The largest absolute Gasteiger partial charge is 0.467 e. The number of aromatic nitrogens is 2. The normalized spacial score (nSPS) is 11.5. The Morgan fingerprint density at radius 1 is 1.05 bits per heavy atom. The van der Waals surface area contributed by atoms with Crippen molar-refractivity contribution in [3.8, 4) is 0 Å². The van der Waals surface area contributed by atoms with Crippen LogP contribution in [0.3, 0.4) is 0 Å². The van der Waals surface area contributed by atoms with Crippen LogP contribution in [0.5, 0.6) is 0 Å². The number of methoxy groups -OCH3 is 1.